The van der Waals surface area contributed by atoms with Gasteiger partial charge in [0.25, 0.3) is 11.6 Å². The van der Waals surface area contributed by atoms with E-state index in [1.165, 1.54) is 25.3 Å². The summed E-state index contributed by atoms with van der Waals surface area (Å²) in [6.45, 7) is 0.0545. The molecule has 0 saturated heterocycles. The molecule has 0 heterocycles. The fourth-order valence-corrected chi connectivity index (χ4v) is 3.61. The van der Waals surface area contributed by atoms with Crippen LogP contribution in [-0.4, -0.2) is 17.9 Å². The van der Waals surface area contributed by atoms with E-state index >= 15 is 0 Å². The van der Waals surface area contributed by atoms with E-state index in [0.29, 0.717) is 32.7 Å². The molecule has 0 spiro atoms. The van der Waals surface area contributed by atoms with Crippen LogP contribution in [0.1, 0.15) is 11.1 Å². The van der Waals surface area contributed by atoms with E-state index in [-0.39, 0.29) is 28.6 Å². The molecule has 0 atom stereocenters. The van der Waals surface area contributed by atoms with Crippen molar-refractivity contribution in [3.05, 3.63) is 96.5 Å². The molecule has 0 aliphatic heterocycles. The number of benzene rings is 3. The minimum absolute atomic E-state index is 0.00221. The maximum absolute atomic E-state index is 12.7. The third kappa shape index (κ3) is 6.43. The summed E-state index contributed by atoms with van der Waals surface area (Å²) in [4.78, 5) is 23.0. The molecule has 0 aromatic heterocycles. The molecule has 3 aromatic rings. The van der Waals surface area contributed by atoms with E-state index in [2.05, 4.69) is 5.32 Å². The third-order valence-corrected chi connectivity index (χ3v) is 5.74. The molecule has 178 valence electrons. The number of carbonyl (C=O) groups is 1. The van der Waals surface area contributed by atoms with Crippen LogP contribution in [0.2, 0.25) is 15.1 Å². The fourth-order valence-electron chi connectivity index (χ4n) is 2.94. The van der Waals surface area contributed by atoms with E-state index in [4.69, 9.17) is 44.3 Å². The molecule has 1 amide bonds. The minimum atomic E-state index is -0.795. The van der Waals surface area contributed by atoms with Gasteiger partial charge in [-0.2, -0.15) is 5.26 Å². The van der Waals surface area contributed by atoms with Crippen molar-refractivity contribution in [2.75, 3.05) is 12.4 Å². The van der Waals surface area contributed by atoms with Crippen LogP contribution < -0.4 is 14.8 Å². The van der Waals surface area contributed by atoms with Gasteiger partial charge in [-0.3, -0.25) is 14.9 Å². The Balaban J connectivity index is 1.85. The molecule has 8 nitrogen and oxygen atoms in total. The maximum Gasteiger partial charge on any atom is 0.271 e. The van der Waals surface area contributed by atoms with Crippen molar-refractivity contribution >= 4 is 58.2 Å². The number of nitriles is 1. The zero-order valence-electron chi connectivity index (χ0n) is 18.1. The first kappa shape index (κ1) is 25.8. The number of nitro benzene ring substituents is 1. The van der Waals surface area contributed by atoms with Gasteiger partial charge in [0.15, 0.2) is 11.5 Å². The van der Waals surface area contributed by atoms with Crippen LogP contribution in [0.3, 0.4) is 0 Å². The van der Waals surface area contributed by atoms with Crippen LogP contribution in [0.15, 0.2) is 60.2 Å². The SMILES string of the molecule is COc1ccc(C=C(C#N)C(=O)Nc2cc([N+](=O)[O-])ccc2Cl)cc1OCc1c(Cl)cccc1Cl. The predicted molar refractivity (Wildman–Crippen MR) is 134 cm³/mol. The lowest BCUT2D eigenvalue weighted by atomic mass is 10.1. The summed E-state index contributed by atoms with van der Waals surface area (Å²) in [5.41, 5.74) is 0.524. The Morgan fingerprint density at radius 1 is 1.09 bits per heavy atom. The molecule has 3 aromatic carbocycles. The molecular formula is C24H16Cl3N3O5. The summed E-state index contributed by atoms with van der Waals surface area (Å²) in [6, 6.07) is 15.3. The summed E-state index contributed by atoms with van der Waals surface area (Å²) in [6.07, 6.45) is 1.33. The second kappa shape index (κ2) is 11.6. The number of nitro groups is 1. The number of non-ortho nitro benzene ring substituents is 1. The van der Waals surface area contributed by atoms with Crippen LogP contribution in [0.4, 0.5) is 11.4 Å². The summed E-state index contributed by atoms with van der Waals surface area (Å²) >= 11 is 18.4. The summed E-state index contributed by atoms with van der Waals surface area (Å²) in [5, 5.41) is 23.9. The molecule has 0 saturated carbocycles. The molecule has 0 radical (unpaired) electrons. The van der Waals surface area contributed by atoms with Crippen molar-refractivity contribution in [1.29, 1.82) is 5.26 Å². The van der Waals surface area contributed by atoms with Gasteiger partial charge in [-0.05, 0) is 42.0 Å². The van der Waals surface area contributed by atoms with Crippen LogP contribution in [0, 0.1) is 21.4 Å². The van der Waals surface area contributed by atoms with Crippen LogP contribution >= 0.6 is 34.8 Å². The second-order valence-electron chi connectivity index (χ2n) is 6.94. The zero-order chi connectivity index (χ0) is 25.5. The summed E-state index contributed by atoms with van der Waals surface area (Å²) in [5.74, 6) is -0.0515. The normalized spacial score (nSPS) is 10.9. The zero-order valence-corrected chi connectivity index (χ0v) is 20.3. The monoisotopic (exact) mass is 531 g/mol. The molecule has 3 rings (SSSR count). The highest BCUT2D eigenvalue weighted by Crippen LogP contribution is 2.32. The highest BCUT2D eigenvalue weighted by molar-refractivity contribution is 6.36. The van der Waals surface area contributed by atoms with Gasteiger partial charge >= 0.3 is 0 Å². The molecule has 11 heteroatoms. The van der Waals surface area contributed by atoms with Crippen molar-refractivity contribution < 1.29 is 19.2 Å². The number of nitrogens with zero attached hydrogens (tertiary/aromatic N) is 2. The number of rotatable bonds is 8. The molecule has 0 unspecified atom stereocenters. The number of nitrogens with one attached hydrogen (secondary N) is 1. The Bertz CT molecular complexity index is 1350. The van der Waals surface area contributed by atoms with Gasteiger partial charge in [0.05, 0.1) is 22.7 Å². The van der Waals surface area contributed by atoms with Crippen LogP contribution in [0.25, 0.3) is 6.08 Å². The quantitative estimate of drug-likeness (QED) is 0.150. The first-order valence-electron chi connectivity index (χ1n) is 9.84. The Hall–Kier alpha value is -3.77. The number of anilines is 1. The van der Waals surface area contributed by atoms with E-state index < -0.39 is 10.8 Å². The van der Waals surface area contributed by atoms with Crippen molar-refractivity contribution in [3.63, 3.8) is 0 Å². The molecule has 0 aliphatic carbocycles. The number of hydrogen-bond donors (Lipinski definition) is 1. The van der Waals surface area contributed by atoms with Crippen molar-refractivity contribution in [1.82, 2.24) is 0 Å². The van der Waals surface area contributed by atoms with Gasteiger partial charge in [-0.1, -0.05) is 46.9 Å². The lowest BCUT2D eigenvalue weighted by Gasteiger charge is -2.13. The average molecular weight is 533 g/mol. The molecule has 0 aliphatic rings. The fraction of sp³-hybridized carbons (Fsp3) is 0.0833. The Labute approximate surface area is 215 Å². The molecular weight excluding hydrogens is 517 g/mol. The van der Waals surface area contributed by atoms with Gasteiger partial charge in [0, 0.05) is 27.7 Å². The van der Waals surface area contributed by atoms with Crippen molar-refractivity contribution in [2.24, 2.45) is 0 Å². The largest absolute Gasteiger partial charge is 0.493 e. The lowest BCUT2D eigenvalue weighted by molar-refractivity contribution is -0.384. The first-order chi connectivity index (χ1) is 16.7. The Morgan fingerprint density at radius 2 is 1.80 bits per heavy atom. The standard InChI is InChI=1S/C24H16Cl3N3O5/c1-34-22-8-5-14(10-23(22)35-13-17-18(25)3-2-4-19(17)26)9-15(12-28)24(31)29-21-11-16(30(32)33)6-7-20(21)27/h2-11H,13H2,1H3,(H,29,31). The topological polar surface area (TPSA) is 114 Å². The number of carbonyl (C=O) groups excluding carboxylic acids is 1. The minimum Gasteiger partial charge on any atom is -0.493 e. The Morgan fingerprint density at radius 3 is 2.43 bits per heavy atom. The number of hydrogen-bond acceptors (Lipinski definition) is 6. The lowest BCUT2D eigenvalue weighted by Crippen LogP contribution is -2.14. The second-order valence-corrected chi connectivity index (χ2v) is 8.17. The molecule has 35 heavy (non-hydrogen) atoms. The van der Waals surface area contributed by atoms with E-state index in [1.54, 1.807) is 36.4 Å². The van der Waals surface area contributed by atoms with E-state index in [0.717, 1.165) is 6.07 Å². The third-order valence-electron chi connectivity index (χ3n) is 4.71. The highest BCUT2D eigenvalue weighted by atomic mass is 35.5. The molecule has 0 bridgehead atoms. The summed E-state index contributed by atoms with van der Waals surface area (Å²) in [7, 11) is 1.47. The maximum atomic E-state index is 12.7. The van der Waals surface area contributed by atoms with Gasteiger partial charge < -0.3 is 14.8 Å². The van der Waals surface area contributed by atoms with Gasteiger partial charge in [-0.25, -0.2) is 0 Å². The first-order valence-corrected chi connectivity index (χ1v) is 11.0. The summed E-state index contributed by atoms with van der Waals surface area (Å²) < 4.78 is 11.2. The van der Waals surface area contributed by atoms with Crippen LogP contribution in [-0.2, 0) is 11.4 Å². The van der Waals surface area contributed by atoms with E-state index in [9.17, 15) is 20.2 Å². The van der Waals surface area contributed by atoms with Gasteiger partial charge in [0.2, 0.25) is 0 Å². The Kier molecular flexibility index (Phi) is 8.55. The van der Waals surface area contributed by atoms with Crippen LogP contribution in [0.5, 0.6) is 11.5 Å². The van der Waals surface area contributed by atoms with Crippen molar-refractivity contribution in [3.8, 4) is 17.6 Å². The number of methoxy groups -OCH3 is 1. The highest BCUT2D eigenvalue weighted by Gasteiger charge is 2.16. The van der Waals surface area contributed by atoms with Crippen molar-refractivity contribution in [2.45, 2.75) is 6.61 Å². The number of halogens is 3. The molecule has 1 N–H and O–H groups in total. The predicted octanol–water partition coefficient (Wildman–Crippen LogP) is 6.69. The smallest absolute Gasteiger partial charge is 0.271 e. The van der Waals surface area contributed by atoms with Gasteiger partial charge in [0.1, 0.15) is 18.2 Å². The van der Waals surface area contributed by atoms with Gasteiger partial charge in [-0.15, -0.1) is 0 Å². The number of ether oxygens (including phenoxy) is 2. The average Bonchev–Trinajstić information content (AvgIpc) is 2.83. The molecule has 0 fully saturated rings. The number of amides is 1. The van der Waals surface area contributed by atoms with E-state index in [1.807, 2.05) is 6.07 Å².